The van der Waals surface area contributed by atoms with Crippen LogP contribution in [0.3, 0.4) is 0 Å². The Bertz CT molecular complexity index is 968. The molecule has 3 rings (SSSR count). The van der Waals surface area contributed by atoms with Gasteiger partial charge in [0, 0.05) is 12.3 Å². The molecule has 0 saturated carbocycles. The molecule has 0 aliphatic rings. The summed E-state index contributed by atoms with van der Waals surface area (Å²) in [6, 6.07) is 16.4. The van der Waals surface area contributed by atoms with Crippen molar-refractivity contribution in [2.24, 2.45) is 0 Å². The molecule has 3 aromatic rings. The molecule has 0 unspecified atom stereocenters. The van der Waals surface area contributed by atoms with Crippen molar-refractivity contribution in [1.29, 1.82) is 0 Å². The maximum absolute atomic E-state index is 12.9. The molecule has 3 nitrogen and oxygen atoms in total. The third kappa shape index (κ3) is 4.62. The number of thioether (sulfide) groups is 1. The molecule has 2 aromatic carbocycles. The number of hydrogen-bond acceptors (Lipinski definition) is 3. The van der Waals surface area contributed by atoms with Gasteiger partial charge in [0.15, 0.2) is 5.16 Å². The first-order valence-corrected chi connectivity index (χ1v) is 10.6. The van der Waals surface area contributed by atoms with E-state index in [0.717, 1.165) is 35.8 Å². The summed E-state index contributed by atoms with van der Waals surface area (Å²) in [6.45, 7) is 9.54. The highest BCUT2D eigenvalue weighted by molar-refractivity contribution is 7.98. The van der Waals surface area contributed by atoms with E-state index in [-0.39, 0.29) is 11.0 Å². The third-order valence-electron chi connectivity index (χ3n) is 4.75. The fourth-order valence-electron chi connectivity index (χ4n) is 3.02. The number of benzene rings is 2. The molecule has 1 heterocycles. The van der Waals surface area contributed by atoms with Crippen LogP contribution < -0.4 is 5.56 Å². The van der Waals surface area contributed by atoms with Crippen LogP contribution in [0.2, 0.25) is 0 Å². The maximum atomic E-state index is 12.9. The highest BCUT2D eigenvalue weighted by Gasteiger charge is 2.14. The molecule has 0 saturated heterocycles. The van der Waals surface area contributed by atoms with Gasteiger partial charge in [-0.2, -0.15) is 0 Å². The van der Waals surface area contributed by atoms with E-state index in [9.17, 15) is 4.79 Å². The van der Waals surface area contributed by atoms with E-state index in [4.69, 9.17) is 4.98 Å². The van der Waals surface area contributed by atoms with Gasteiger partial charge in [-0.3, -0.25) is 9.36 Å². The Labute approximate surface area is 165 Å². The molecule has 0 aliphatic heterocycles. The lowest BCUT2D eigenvalue weighted by Crippen LogP contribution is -2.23. The second-order valence-corrected chi connectivity index (χ2v) is 8.90. The summed E-state index contributed by atoms with van der Waals surface area (Å²) in [5.74, 6) is 0.807. The number of nitrogens with zero attached hydrogens (tertiary/aromatic N) is 2. The van der Waals surface area contributed by atoms with Crippen LogP contribution in [0, 0.1) is 0 Å². The largest absolute Gasteiger partial charge is 0.287 e. The van der Waals surface area contributed by atoms with Crippen molar-refractivity contribution in [2.45, 2.75) is 63.4 Å². The average molecular weight is 381 g/mol. The summed E-state index contributed by atoms with van der Waals surface area (Å²) >= 11 is 1.64. The minimum atomic E-state index is 0.0691. The molecule has 0 fully saturated rings. The number of rotatable bonds is 6. The zero-order valence-corrected chi connectivity index (χ0v) is 17.5. The minimum Gasteiger partial charge on any atom is -0.287 e. The zero-order chi connectivity index (χ0) is 19.4. The van der Waals surface area contributed by atoms with Gasteiger partial charge in [0.25, 0.3) is 5.56 Å². The molecule has 0 amide bonds. The zero-order valence-electron chi connectivity index (χ0n) is 16.7. The second kappa shape index (κ2) is 8.30. The van der Waals surface area contributed by atoms with E-state index >= 15 is 0 Å². The van der Waals surface area contributed by atoms with Crippen LogP contribution in [0.15, 0.2) is 58.5 Å². The van der Waals surface area contributed by atoms with Crippen molar-refractivity contribution in [3.8, 4) is 0 Å². The highest BCUT2D eigenvalue weighted by Crippen LogP contribution is 2.26. The first kappa shape index (κ1) is 19.7. The normalized spacial score (nSPS) is 11.9. The van der Waals surface area contributed by atoms with E-state index in [1.807, 2.05) is 28.8 Å². The summed E-state index contributed by atoms with van der Waals surface area (Å²) in [5.41, 5.74) is 3.59. The lowest BCUT2D eigenvalue weighted by atomic mass is 9.87. The third-order valence-corrected chi connectivity index (χ3v) is 5.80. The molecule has 1 aromatic heterocycles. The van der Waals surface area contributed by atoms with Gasteiger partial charge >= 0.3 is 0 Å². The van der Waals surface area contributed by atoms with Crippen LogP contribution in [0.5, 0.6) is 0 Å². The Morgan fingerprint density at radius 2 is 1.74 bits per heavy atom. The van der Waals surface area contributed by atoms with Crippen molar-refractivity contribution in [2.75, 3.05) is 0 Å². The van der Waals surface area contributed by atoms with Gasteiger partial charge in [0.2, 0.25) is 0 Å². The minimum absolute atomic E-state index is 0.0691. The predicted octanol–water partition coefficient (Wildman–Crippen LogP) is 5.79. The molecule has 4 heteroatoms. The molecule has 27 heavy (non-hydrogen) atoms. The predicted molar refractivity (Wildman–Crippen MR) is 116 cm³/mol. The lowest BCUT2D eigenvalue weighted by Gasteiger charge is -2.19. The summed E-state index contributed by atoms with van der Waals surface area (Å²) in [7, 11) is 0. The van der Waals surface area contributed by atoms with E-state index in [0.29, 0.717) is 5.39 Å². The standard InChI is InChI=1S/C23H28N2OS/c1-5-6-15-25-21(26)19-9-7-8-10-20(19)24-22(25)27-16-17-11-13-18(14-12-17)23(2,3)4/h7-14H,5-6,15-16H2,1-4H3. The Hall–Kier alpha value is -2.07. The van der Waals surface area contributed by atoms with Gasteiger partial charge in [0.05, 0.1) is 10.9 Å². The summed E-state index contributed by atoms with van der Waals surface area (Å²) in [5, 5.41) is 1.51. The van der Waals surface area contributed by atoms with Gasteiger partial charge in [-0.15, -0.1) is 0 Å². The van der Waals surface area contributed by atoms with E-state index < -0.39 is 0 Å². The Morgan fingerprint density at radius 3 is 2.41 bits per heavy atom. The first-order chi connectivity index (χ1) is 12.9. The van der Waals surface area contributed by atoms with Crippen LogP contribution >= 0.6 is 11.8 Å². The Morgan fingerprint density at radius 1 is 1.04 bits per heavy atom. The first-order valence-electron chi connectivity index (χ1n) is 9.62. The van der Waals surface area contributed by atoms with Crippen molar-refractivity contribution < 1.29 is 0 Å². The van der Waals surface area contributed by atoms with E-state index in [1.165, 1.54) is 11.1 Å². The van der Waals surface area contributed by atoms with Crippen LogP contribution in [-0.4, -0.2) is 9.55 Å². The summed E-state index contributed by atoms with van der Waals surface area (Å²) in [6.07, 6.45) is 2.03. The number of aromatic nitrogens is 2. The van der Waals surface area contributed by atoms with Gasteiger partial charge < -0.3 is 0 Å². The SMILES string of the molecule is CCCCn1c(SCc2ccc(C(C)(C)C)cc2)nc2ccccc2c1=O. The number of hydrogen-bond donors (Lipinski definition) is 0. The molecule has 0 atom stereocenters. The van der Waals surface area contributed by atoms with Crippen molar-refractivity contribution in [3.63, 3.8) is 0 Å². The van der Waals surface area contributed by atoms with E-state index in [1.54, 1.807) is 11.8 Å². The molecular formula is C23H28N2OS. The summed E-state index contributed by atoms with van der Waals surface area (Å²) in [4.78, 5) is 17.7. The lowest BCUT2D eigenvalue weighted by molar-refractivity contribution is 0.557. The molecule has 0 radical (unpaired) electrons. The van der Waals surface area contributed by atoms with Crippen LogP contribution in [0.4, 0.5) is 0 Å². The Kier molecular flexibility index (Phi) is 6.05. The van der Waals surface area contributed by atoms with Gasteiger partial charge in [0.1, 0.15) is 0 Å². The van der Waals surface area contributed by atoms with Crippen LogP contribution in [0.25, 0.3) is 10.9 Å². The maximum Gasteiger partial charge on any atom is 0.262 e. The number of fused-ring (bicyclic) bond motifs is 1. The molecular weight excluding hydrogens is 352 g/mol. The van der Waals surface area contributed by atoms with Crippen molar-refractivity contribution >= 4 is 22.7 Å². The van der Waals surface area contributed by atoms with Crippen molar-refractivity contribution in [1.82, 2.24) is 9.55 Å². The molecule has 142 valence electrons. The fourth-order valence-corrected chi connectivity index (χ4v) is 4.00. The molecule has 0 bridgehead atoms. The van der Waals surface area contributed by atoms with Gasteiger partial charge in [-0.1, -0.05) is 82.3 Å². The van der Waals surface area contributed by atoms with Crippen molar-refractivity contribution in [3.05, 3.63) is 70.0 Å². The number of unbranched alkanes of at least 4 members (excludes halogenated alkanes) is 1. The smallest absolute Gasteiger partial charge is 0.262 e. The number of para-hydroxylation sites is 1. The average Bonchev–Trinajstić information content (AvgIpc) is 2.65. The molecule has 0 aliphatic carbocycles. The van der Waals surface area contributed by atoms with Crippen LogP contribution in [-0.2, 0) is 17.7 Å². The van der Waals surface area contributed by atoms with Gasteiger partial charge in [-0.25, -0.2) is 4.98 Å². The highest BCUT2D eigenvalue weighted by atomic mass is 32.2. The molecule has 0 N–H and O–H groups in total. The van der Waals surface area contributed by atoms with E-state index in [2.05, 4.69) is 52.0 Å². The quantitative estimate of drug-likeness (QED) is 0.401. The molecule has 0 spiro atoms. The van der Waals surface area contributed by atoms with Crippen LogP contribution in [0.1, 0.15) is 51.7 Å². The Balaban J connectivity index is 1.88. The monoisotopic (exact) mass is 380 g/mol. The second-order valence-electron chi connectivity index (χ2n) is 7.96. The fraction of sp³-hybridized carbons (Fsp3) is 0.391. The summed E-state index contributed by atoms with van der Waals surface area (Å²) < 4.78 is 1.85. The topological polar surface area (TPSA) is 34.9 Å². The van der Waals surface area contributed by atoms with Gasteiger partial charge in [-0.05, 0) is 35.1 Å².